The first-order valence-corrected chi connectivity index (χ1v) is 10.7. The van der Waals surface area contributed by atoms with Gasteiger partial charge in [0.2, 0.25) is 5.91 Å². The van der Waals surface area contributed by atoms with E-state index in [0.29, 0.717) is 10.6 Å². The van der Waals surface area contributed by atoms with Gasteiger partial charge in [-0.1, -0.05) is 60.7 Å². The summed E-state index contributed by atoms with van der Waals surface area (Å²) in [5, 5.41) is 3.40. The molecule has 2 heterocycles. The van der Waals surface area contributed by atoms with E-state index in [4.69, 9.17) is 5.73 Å². The van der Waals surface area contributed by atoms with Crippen LogP contribution in [0, 0.1) is 0 Å². The van der Waals surface area contributed by atoms with Crippen LogP contribution in [0.4, 0.5) is 5.00 Å². The summed E-state index contributed by atoms with van der Waals surface area (Å²) >= 11 is 1.45. The van der Waals surface area contributed by atoms with Gasteiger partial charge in [0.15, 0.2) is 0 Å². The predicted molar refractivity (Wildman–Crippen MR) is 121 cm³/mol. The quantitative estimate of drug-likeness (QED) is 0.594. The SMILES string of the molecule is NC(=O)c1c(NC(=O)/C=C/c2ccccc2)sc2c1CCN(Cc1ccccc1)C2. The van der Waals surface area contributed by atoms with E-state index in [2.05, 4.69) is 22.3 Å². The second kappa shape index (κ2) is 9.07. The first-order chi connectivity index (χ1) is 14.6. The third-order valence-electron chi connectivity index (χ3n) is 5.09. The van der Waals surface area contributed by atoms with Gasteiger partial charge in [-0.2, -0.15) is 0 Å². The fraction of sp³-hybridized carbons (Fsp3) is 0.167. The molecule has 3 N–H and O–H groups in total. The largest absolute Gasteiger partial charge is 0.365 e. The number of carbonyl (C=O) groups excluding carboxylic acids is 2. The molecule has 1 aromatic heterocycles. The number of thiophene rings is 1. The molecule has 0 saturated carbocycles. The van der Waals surface area contributed by atoms with Crippen molar-refractivity contribution in [2.75, 3.05) is 11.9 Å². The molecular weight excluding hydrogens is 394 g/mol. The molecule has 0 spiro atoms. The minimum absolute atomic E-state index is 0.277. The van der Waals surface area contributed by atoms with E-state index in [9.17, 15) is 9.59 Å². The zero-order valence-corrected chi connectivity index (χ0v) is 17.3. The van der Waals surface area contributed by atoms with Crippen LogP contribution < -0.4 is 11.1 Å². The number of nitrogens with one attached hydrogen (secondary N) is 1. The van der Waals surface area contributed by atoms with E-state index >= 15 is 0 Å². The first-order valence-electron chi connectivity index (χ1n) is 9.85. The van der Waals surface area contributed by atoms with Gasteiger partial charge in [0.25, 0.3) is 5.91 Å². The second-order valence-corrected chi connectivity index (χ2v) is 8.36. The molecule has 1 aliphatic rings. The summed E-state index contributed by atoms with van der Waals surface area (Å²) in [5.74, 6) is -0.771. The van der Waals surface area contributed by atoms with Gasteiger partial charge < -0.3 is 11.1 Å². The number of benzene rings is 2. The Morgan fingerprint density at radius 2 is 1.77 bits per heavy atom. The van der Waals surface area contributed by atoms with Gasteiger partial charge in [-0.3, -0.25) is 14.5 Å². The number of amides is 2. The van der Waals surface area contributed by atoms with Crippen molar-refractivity contribution < 1.29 is 9.59 Å². The van der Waals surface area contributed by atoms with E-state index in [-0.39, 0.29) is 5.91 Å². The molecule has 1 aliphatic heterocycles. The van der Waals surface area contributed by atoms with Gasteiger partial charge in [-0.15, -0.1) is 11.3 Å². The Bertz CT molecular complexity index is 1070. The fourth-order valence-electron chi connectivity index (χ4n) is 3.67. The number of nitrogens with two attached hydrogens (primary N) is 1. The molecular formula is C24H23N3O2S. The molecule has 0 fully saturated rings. The van der Waals surface area contributed by atoms with Gasteiger partial charge in [-0.05, 0) is 29.2 Å². The lowest BCUT2D eigenvalue weighted by atomic mass is 10.0. The molecule has 2 aromatic carbocycles. The van der Waals surface area contributed by atoms with E-state index < -0.39 is 5.91 Å². The van der Waals surface area contributed by atoms with Crippen molar-refractivity contribution in [3.05, 3.63) is 93.9 Å². The molecule has 0 saturated heterocycles. The van der Waals surface area contributed by atoms with E-state index in [1.54, 1.807) is 6.08 Å². The Kier molecular flexibility index (Phi) is 6.07. The molecule has 4 rings (SSSR count). The van der Waals surface area contributed by atoms with Gasteiger partial charge in [-0.25, -0.2) is 0 Å². The van der Waals surface area contributed by atoms with Crippen LogP contribution in [0.15, 0.2) is 66.7 Å². The number of anilines is 1. The summed E-state index contributed by atoms with van der Waals surface area (Å²) in [5.41, 5.74) is 9.28. The van der Waals surface area contributed by atoms with E-state index in [0.717, 1.165) is 42.1 Å². The van der Waals surface area contributed by atoms with Crippen LogP contribution in [-0.4, -0.2) is 23.3 Å². The number of fused-ring (bicyclic) bond motifs is 1. The molecule has 0 radical (unpaired) electrons. The lowest BCUT2D eigenvalue weighted by Crippen LogP contribution is -2.30. The monoisotopic (exact) mass is 417 g/mol. The van der Waals surface area contributed by atoms with Crippen molar-refractivity contribution in [3.8, 4) is 0 Å². The number of carbonyl (C=O) groups is 2. The number of rotatable bonds is 6. The molecule has 3 aromatic rings. The highest BCUT2D eigenvalue weighted by atomic mass is 32.1. The fourth-order valence-corrected chi connectivity index (χ4v) is 4.97. The summed E-state index contributed by atoms with van der Waals surface area (Å²) in [7, 11) is 0. The van der Waals surface area contributed by atoms with Gasteiger partial charge in [0.05, 0.1) is 5.56 Å². The Morgan fingerprint density at radius 1 is 1.07 bits per heavy atom. The zero-order valence-electron chi connectivity index (χ0n) is 16.5. The molecule has 5 nitrogen and oxygen atoms in total. The third kappa shape index (κ3) is 4.67. The molecule has 0 aliphatic carbocycles. The molecule has 0 atom stereocenters. The van der Waals surface area contributed by atoms with Crippen LogP contribution in [0.1, 0.15) is 31.9 Å². The summed E-state index contributed by atoms with van der Waals surface area (Å²) in [6, 6.07) is 19.9. The minimum atomic E-state index is -0.494. The Morgan fingerprint density at radius 3 is 2.47 bits per heavy atom. The van der Waals surface area contributed by atoms with Crippen LogP contribution >= 0.6 is 11.3 Å². The smallest absolute Gasteiger partial charge is 0.251 e. The molecule has 0 unspecified atom stereocenters. The zero-order chi connectivity index (χ0) is 20.9. The van der Waals surface area contributed by atoms with E-state index in [1.165, 1.54) is 23.0 Å². The van der Waals surface area contributed by atoms with Crippen molar-refractivity contribution in [2.24, 2.45) is 5.73 Å². The third-order valence-corrected chi connectivity index (χ3v) is 6.23. The summed E-state index contributed by atoms with van der Waals surface area (Å²) < 4.78 is 0. The lowest BCUT2D eigenvalue weighted by Gasteiger charge is -2.27. The average molecular weight is 418 g/mol. The number of nitrogens with zero attached hydrogens (tertiary/aromatic N) is 1. The predicted octanol–water partition coefficient (Wildman–Crippen LogP) is 4.06. The summed E-state index contributed by atoms with van der Waals surface area (Å²) in [6.07, 6.45) is 3.96. The Balaban J connectivity index is 1.50. The minimum Gasteiger partial charge on any atom is -0.365 e. The second-order valence-electron chi connectivity index (χ2n) is 7.25. The standard InChI is InChI=1S/C24H23N3O2S/c25-23(29)22-19-13-14-27(15-18-9-5-2-6-10-18)16-20(19)30-24(22)26-21(28)12-11-17-7-3-1-4-8-17/h1-12H,13-16H2,(H2,25,29)(H,26,28)/b12-11+. The lowest BCUT2D eigenvalue weighted by molar-refractivity contribution is -0.111. The van der Waals surface area contributed by atoms with E-state index in [1.807, 2.05) is 48.5 Å². The summed E-state index contributed by atoms with van der Waals surface area (Å²) in [4.78, 5) is 28.0. The average Bonchev–Trinajstić information content (AvgIpc) is 3.11. The van der Waals surface area contributed by atoms with Crippen LogP contribution in [0.3, 0.4) is 0 Å². The molecule has 0 bridgehead atoms. The van der Waals surface area contributed by atoms with Crippen molar-refractivity contribution in [1.29, 1.82) is 0 Å². The highest BCUT2D eigenvalue weighted by Gasteiger charge is 2.27. The highest BCUT2D eigenvalue weighted by Crippen LogP contribution is 2.37. The van der Waals surface area contributed by atoms with Crippen LogP contribution in [0.2, 0.25) is 0 Å². The van der Waals surface area contributed by atoms with Crippen molar-refractivity contribution in [2.45, 2.75) is 19.5 Å². The molecule has 2 amide bonds. The molecule has 6 heteroatoms. The van der Waals surface area contributed by atoms with Crippen molar-refractivity contribution in [1.82, 2.24) is 4.90 Å². The summed E-state index contributed by atoms with van der Waals surface area (Å²) in [6.45, 7) is 2.44. The van der Waals surface area contributed by atoms with Gasteiger partial charge >= 0.3 is 0 Å². The number of hydrogen-bond acceptors (Lipinski definition) is 4. The Labute approximate surface area is 179 Å². The maximum Gasteiger partial charge on any atom is 0.251 e. The normalized spacial score (nSPS) is 13.9. The maximum absolute atomic E-state index is 12.4. The van der Waals surface area contributed by atoms with Crippen LogP contribution in [0.25, 0.3) is 6.08 Å². The van der Waals surface area contributed by atoms with Gasteiger partial charge in [0.1, 0.15) is 5.00 Å². The van der Waals surface area contributed by atoms with Crippen LogP contribution in [0.5, 0.6) is 0 Å². The highest BCUT2D eigenvalue weighted by molar-refractivity contribution is 7.17. The molecule has 30 heavy (non-hydrogen) atoms. The molecule has 152 valence electrons. The van der Waals surface area contributed by atoms with Crippen molar-refractivity contribution >= 4 is 34.2 Å². The topological polar surface area (TPSA) is 75.4 Å². The van der Waals surface area contributed by atoms with Gasteiger partial charge in [0, 0.05) is 30.6 Å². The van der Waals surface area contributed by atoms with Crippen LogP contribution in [-0.2, 0) is 24.3 Å². The Hall–Kier alpha value is -3.22. The maximum atomic E-state index is 12.4. The number of hydrogen-bond donors (Lipinski definition) is 2. The van der Waals surface area contributed by atoms with Crippen molar-refractivity contribution in [3.63, 3.8) is 0 Å². The first kappa shape index (κ1) is 20.1. The number of primary amides is 1.